The van der Waals surface area contributed by atoms with Crippen LogP contribution in [0.15, 0.2) is 47.1 Å². The molecule has 0 unspecified atom stereocenters. The number of aromatic nitrogens is 4. The first-order chi connectivity index (χ1) is 16.4. The highest BCUT2D eigenvalue weighted by Gasteiger charge is 2.71. The van der Waals surface area contributed by atoms with Gasteiger partial charge in [-0.3, -0.25) is 9.78 Å². The molecule has 0 spiro atoms. The van der Waals surface area contributed by atoms with Gasteiger partial charge in [0.25, 0.3) is 11.8 Å². The van der Waals surface area contributed by atoms with Crippen LogP contribution in [0.4, 0.5) is 4.39 Å². The molecule has 0 atom stereocenters. The summed E-state index contributed by atoms with van der Waals surface area (Å²) >= 11 is 5.65. The Balaban J connectivity index is 0.995. The molecule has 3 aliphatic rings. The summed E-state index contributed by atoms with van der Waals surface area (Å²) in [6.45, 7) is -0.0670. The molecule has 2 N–H and O–H groups in total. The maximum Gasteiger partial charge on any atom is 0.258 e. The van der Waals surface area contributed by atoms with Crippen LogP contribution in [0.1, 0.15) is 31.0 Å². The lowest BCUT2D eigenvalue weighted by Gasteiger charge is -2.68. The molecule has 0 aliphatic heterocycles. The van der Waals surface area contributed by atoms with E-state index < -0.39 is 5.82 Å². The van der Waals surface area contributed by atoms with Crippen molar-refractivity contribution in [3.8, 4) is 11.5 Å². The monoisotopic (exact) mass is 483 g/mol. The average Bonchev–Trinajstić information content (AvgIpc) is 3.43. The Morgan fingerprint density at radius 1 is 1.18 bits per heavy atom. The molecule has 1 aromatic carbocycles. The molecule has 3 fully saturated rings. The molecule has 3 aliphatic carbocycles. The Bertz CT molecular complexity index is 1380. The summed E-state index contributed by atoms with van der Waals surface area (Å²) in [6, 6.07) is 7.80. The third-order valence-electron chi connectivity index (χ3n) is 6.35. The minimum atomic E-state index is -0.594. The van der Waals surface area contributed by atoms with Crippen LogP contribution in [-0.4, -0.2) is 38.2 Å². The maximum atomic E-state index is 13.5. The lowest BCUT2D eigenvalue weighted by molar-refractivity contribution is -0.143. The summed E-state index contributed by atoms with van der Waals surface area (Å²) < 4.78 is 30.4. The molecule has 0 radical (unpaired) electrons. The molecule has 1 amide bonds. The predicted octanol–water partition coefficient (Wildman–Crippen LogP) is 3.69. The van der Waals surface area contributed by atoms with Crippen molar-refractivity contribution in [1.29, 1.82) is 0 Å². The van der Waals surface area contributed by atoms with Crippen LogP contribution in [0.2, 0.25) is 5.02 Å². The Labute approximate surface area is 197 Å². The molecule has 11 heteroatoms. The Morgan fingerprint density at radius 2 is 2.03 bits per heavy atom. The molecule has 3 aromatic heterocycles. The molecular formula is C23H19ClFN5O4. The van der Waals surface area contributed by atoms with Gasteiger partial charge in [-0.05, 0) is 37.5 Å². The largest absolute Gasteiger partial charge is 0.484 e. The van der Waals surface area contributed by atoms with E-state index in [4.69, 9.17) is 25.5 Å². The number of rotatable bonds is 8. The zero-order chi connectivity index (χ0) is 23.3. The van der Waals surface area contributed by atoms with E-state index in [1.54, 1.807) is 6.20 Å². The first-order valence-corrected chi connectivity index (χ1v) is 11.1. The number of nitrogens with zero attached hydrogens (tertiary/aromatic N) is 3. The third kappa shape index (κ3) is 3.63. The Morgan fingerprint density at radius 3 is 2.85 bits per heavy atom. The van der Waals surface area contributed by atoms with Gasteiger partial charge in [0.2, 0.25) is 5.89 Å². The van der Waals surface area contributed by atoms with Gasteiger partial charge in [0.1, 0.15) is 17.3 Å². The van der Waals surface area contributed by atoms with Gasteiger partial charge in [-0.25, -0.2) is 4.39 Å². The number of fused-ring (bicyclic) bond motifs is 1. The number of H-pyrrole nitrogens is 1. The molecular weight excluding hydrogens is 465 g/mol. The minimum absolute atomic E-state index is 0.00167. The van der Waals surface area contributed by atoms with Gasteiger partial charge in [0.05, 0.1) is 27.7 Å². The number of ether oxygens (including phenoxy) is 2. The lowest BCUT2D eigenvalue weighted by Crippen LogP contribution is -2.77. The van der Waals surface area contributed by atoms with Gasteiger partial charge in [0.15, 0.2) is 13.2 Å². The lowest BCUT2D eigenvalue weighted by atomic mass is 9.39. The van der Waals surface area contributed by atoms with Crippen molar-refractivity contribution >= 4 is 28.5 Å². The maximum absolute atomic E-state index is 13.5. The van der Waals surface area contributed by atoms with Crippen molar-refractivity contribution in [1.82, 2.24) is 25.5 Å². The first kappa shape index (κ1) is 20.9. The highest BCUT2D eigenvalue weighted by molar-refractivity contribution is 6.30. The summed E-state index contributed by atoms with van der Waals surface area (Å²) in [5.41, 5.74) is 1.26. The second-order valence-electron chi connectivity index (χ2n) is 8.87. The second kappa shape index (κ2) is 7.69. The number of halogens is 2. The van der Waals surface area contributed by atoms with E-state index in [1.807, 2.05) is 18.3 Å². The molecule has 3 saturated carbocycles. The van der Waals surface area contributed by atoms with E-state index in [9.17, 15) is 9.18 Å². The molecule has 174 valence electrons. The zero-order valence-electron chi connectivity index (χ0n) is 17.8. The van der Waals surface area contributed by atoms with Crippen LogP contribution in [0.3, 0.4) is 0 Å². The first-order valence-electron chi connectivity index (χ1n) is 10.7. The van der Waals surface area contributed by atoms with Crippen LogP contribution < -0.4 is 14.8 Å². The number of hydrogen-bond donors (Lipinski definition) is 2. The molecule has 0 saturated heterocycles. The van der Waals surface area contributed by atoms with E-state index in [2.05, 4.69) is 25.5 Å². The summed E-state index contributed by atoms with van der Waals surface area (Å²) in [4.78, 5) is 19.7. The van der Waals surface area contributed by atoms with Crippen molar-refractivity contribution in [2.45, 2.75) is 36.8 Å². The molecule has 4 aromatic rings. The van der Waals surface area contributed by atoms with Crippen molar-refractivity contribution in [2.75, 3.05) is 6.61 Å². The van der Waals surface area contributed by atoms with Gasteiger partial charge in [-0.15, -0.1) is 10.2 Å². The standard InChI is InChI=1S/C23H19ClFN5O4/c24-15-2-1-13(5-16(15)25)32-8-19(31)28-23-10-22(11-23,12-23)21-30-29-20(34-21)9-33-14-6-18-17(27-7-14)3-4-26-18/h1-7,26H,8-12H2,(H,28,31). The number of benzene rings is 1. The Kier molecular flexibility index (Phi) is 4.73. The minimum Gasteiger partial charge on any atom is -0.484 e. The number of hydrogen-bond acceptors (Lipinski definition) is 7. The molecule has 3 heterocycles. The highest BCUT2D eigenvalue weighted by atomic mass is 35.5. The molecule has 7 rings (SSSR count). The van der Waals surface area contributed by atoms with E-state index in [1.165, 1.54) is 12.1 Å². The highest BCUT2D eigenvalue weighted by Crippen LogP contribution is 2.67. The van der Waals surface area contributed by atoms with Crippen LogP contribution in [-0.2, 0) is 16.8 Å². The van der Waals surface area contributed by atoms with Crippen molar-refractivity contribution in [2.24, 2.45) is 0 Å². The van der Waals surface area contributed by atoms with Gasteiger partial charge in [0, 0.05) is 23.9 Å². The van der Waals surface area contributed by atoms with E-state index in [-0.39, 0.29) is 40.8 Å². The topological polar surface area (TPSA) is 115 Å². The predicted molar refractivity (Wildman–Crippen MR) is 118 cm³/mol. The zero-order valence-corrected chi connectivity index (χ0v) is 18.6. The van der Waals surface area contributed by atoms with Crippen LogP contribution in [0, 0.1) is 5.82 Å². The number of carbonyl (C=O) groups excluding carboxylic acids is 1. The number of carbonyl (C=O) groups is 1. The average molecular weight is 484 g/mol. The fourth-order valence-electron chi connectivity index (χ4n) is 4.86. The summed E-state index contributed by atoms with van der Waals surface area (Å²) in [7, 11) is 0. The fraction of sp³-hybridized carbons (Fsp3) is 0.304. The van der Waals surface area contributed by atoms with Gasteiger partial charge in [-0.1, -0.05) is 11.6 Å². The summed E-state index contributed by atoms with van der Waals surface area (Å²) in [5, 5.41) is 11.3. The van der Waals surface area contributed by atoms with Gasteiger partial charge in [-0.2, -0.15) is 0 Å². The fourth-order valence-corrected chi connectivity index (χ4v) is 4.98. The van der Waals surface area contributed by atoms with Crippen molar-refractivity contribution < 1.29 is 23.1 Å². The third-order valence-corrected chi connectivity index (χ3v) is 6.66. The van der Waals surface area contributed by atoms with Gasteiger partial charge < -0.3 is 24.2 Å². The number of pyridine rings is 1. The molecule has 2 bridgehead atoms. The molecule has 34 heavy (non-hydrogen) atoms. The van der Waals surface area contributed by atoms with E-state index in [0.717, 1.165) is 36.4 Å². The van der Waals surface area contributed by atoms with E-state index in [0.29, 0.717) is 17.5 Å². The Hall–Kier alpha value is -3.66. The van der Waals surface area contributed by atoms with Gasteiger partial charge >= 0.3 is 0 Å². The van der Waals surface area contributed by atoms with Crippen LogP contribution in [0.25, 0.3) is 11.0 Å². The normalized spacial score (nSPS) is 22.6. The number of nitrogens with one attached hydrogen (secondary N) is 2. The summed E-state index contributed by atoms with van der Waals surface area (Å²) in [5.74, 6) is 0.932. The SMILES string of the molecule is O=C(COc1ccc(Cl)c(F)c1)NC12CC(c3nnc(COc4cnc5cc[nH]c5c4)o3)(C1)C2. The molecule has 9 nitrogen and oxygen atoms in total. The van der Waals surface area contributed by atoms with Crippen LogP contribution >= 0.6 is 11.6 Å². The summed E-state index contributed by atoms with van der Waals surface area (Å²) in [6.07, 6.45) is 5.62. The van der Waals surface area contributed by atoms with Crippen molar-refractivity contribution in [3.05, 3.63) is 65.3 Å². The smallest absolute Gasteiger partial charge is 0.258 e. The number of aromatic amines is 1. The van der Waals surface area contributed by atoms with Crippen molar-refractivity contribution in [3.63, 3.8) is 0 Å². The quantitative estimate of drug-likeness (QED) is 0.392. The second-order valence-corrected chi connectivity index (χ2v) is 9.28. The van der Waals surface area contributed by atoms with E-state index >= 15 is 0 Å². The number of amides is 1. The van der Waals surface area contributed by atoms with Crippen LogP contribution in [0.5, 0.6) is 11.5 Å².